The van der Waals surface area contributed by atoms with E-state index < -0.39 is 5.97 Å². The minimum absolute atomic E-state index is 0.211. The molecule has 1 radical (unpaired) electrons. The Labute approximate surface area is 145 Å². The summed E-state index contributed by atoms with van der Waals surface area (Å²) in [7, 11) is 0. The average molecular weight is 326 g/mol. The molecule has 0 N–H and O–H groups in total. The van der Waals surface area contributed by atoms with Crippen molar-refractivity contribution in [3.63, 3.8) is 0 Å². The first-order valence-corrected chi connectivity index (χ1v) is 10.0. The number of hydrogen-bond acceptors (Lipinski definition) is 1. The van der Waals surface area contributed by atoms with Crippen LogP contribution in [-0.2, 0) is 9.90 Å². The Kier molecular flexibility index (Phi) is 13.5. The van der Waals surface area contributed by atoms with Crippen LogP contribution in [0.3, 0.4) is 0 Å². The molecule has 23 heavy (non-hydrogen) atoms. The Bertz CT molecular complexity index is 288. The third-order valence-electron chi connectivity index (χ3n) is 5.39. The first-order chi connectivity index (χ1) is 10.8. The molecule has 0 bridgehead atoms. The van der Waals surface area contributed by atoms with E-state index in [1.165, 1.54) is 51.4 Å². The maximum Gasteiger partial charge on any atom is 0.355 e. The summed E-state index contributed by atoms with van der Waals surface area (Å²) in [4.78, 5) is 10.5. The number of carbonyl (C=O) groups excluding carboxylic acids is 1. The monoisotopic (exact) mass is 325 g/mol. The van der Waals surface area contributed by atoms with Crippen molar-refractivity contribution in [3.8, 4) is 0 Å². The second-order valence-electron chi connectivity index (χ2n) is 8.20. The second-order valence-corrected chi connectivity index (χ2v) is 8.20. The Balaban J connectivity index is 3.54. The van der Waals surface area contributed by atoms with E-state index in [2.05, 4.69) is 27.7 Å². The SMILES string of the molecule is CCC(C)CCCC(C)CCCC(C)CCCC(C)CC([O])=O. The third kappa shape index (κ3) is 14.8. The van der Waals surface area contributed by atoms with Gasteiger partial charge in [0.25, 0.3) is 0 Å². The van der Waals surface area contributed by atoms with E-state index in [0.29, 0.717) is 0 Å². The molecule has 0 spiro atoms. The summed E-state index contributed by atoms with van der Waals surface area (Å²) in [5.41, 5.74) is 0. The Hall–Kier alpha value is -0.530. The molecule has 0 aliphatic rings. The smallest absolute Gasteiger partial charge is 0.247 e. The van der Waals surface area contributed by atoms with E-state index in [-0.39, 0.29) is 12.3 Å². The molecule has 0 aromatic carbocycles. The van der Waals surface area contributed by atoms with Crippen LogP contribution in [0.25, 0.3) is 0 Å². The van der Waals surface area contributed by atoms with Gasteiger partial charge in [0, 0.05) is 0 Å². The second kappa shape index (κ2) is 13.9. The third-order valence-corrected chi connectivity index (χ3v) is 5.39. The van der Waals surface area contributed by atoms with Gasteiger partial charge in [0.15, 0.2) is 0 Å². The lowest BCUT2D eigenvalue weighted by molar-refractivity contribution is -0.144. The molecule has 4 unspecified atom stereocenters. The molecule has 2 heteroatoms. The van der Waals surface area contributed by atoms with E-state index in [9.17, 15) is 9.90 Å². The lowest BCUT2D eigenvalue weighted by atomic mass is 9.90. The quantitative estimate of drug-likeness (QED) is 0.326. The number of hydrogen-bond donors (Lipinski definition) is 0. The Morgan fingerprint density at radius 3 is 1.35 bits per heavy atom. The predicted octanol–water partition coefficient (Wildman–Crippen LogP) is 6.80. The maximum absolute atomic E-state index is 10.5. The van der Waals surface area contributed by atoms with Crippen molar-refractivity contribution >= 4 is 5.97 Å². The fraction of sp³-hybridized carbons (Fsp3) is 0.952. The normalized spacial score (nSPS) is 16.7. The zero-order valence-electron chi connectivity index (χ0n) is 16.4. The Morgan fingerprint density at radius 1 is 0.652 bits per heavy atom. The molecule has 0 rings (SSSR count). The number of carbonyl (C=O) groups is 1. The van der Waals surface area contributed by atoms with Crippen LogP contribution in [0.1, 0.15) is 105 Å². The van der Waals surface area contributed by atoms with Gasteiger partial charge in [-0.05, 0) is 23.7 Å². The lowest BCUT2D eigenvalue weighted by Crippen LogP contribution is -2.04. The molecular formula is C21H41O2. The lowest BCUT2D eigenvalue weighted by Gasteiger charge is -2.16. The molecule has 0 aliphatic carbocycles. The van der Waals surface area contributed by atoms with Crippen LogP contribution in [0.2, 0.25) is 0 Å². The summed E-state index contributed by atoms with van der Waals surface area (Å²) in [6, 6.07) is 0. The first-order valence-electron chi connectivity index (χ1n) is 10.0. The van der Waals surface area contributed by atoms with Crippen molar-refractivity contribution in [3.05, 3.63) is 0 Å². The fourth-order valence-corrected chi connectivity index (χ4v) is 3.32. The van der Waals surface area contributed by atoms with Crippen molar-refractivity contribution in [2.75, 3.05) is 0 Å². The van der Waals surface area contributed by atoms with E-state index in [4.69, 9.17) is 0 Å². The van der Waals surface area contributed by atoms with Gasteiger partial charge in [-0.3, -0.25) is 0 Å². The van der Waals surface area contributed by atoms with E-state index in [0.717, 1.165) is 30.6 Å². The number of rotatable bonds is 15. The molecule has 0 amide bonds. The molecule has 0 heterocycles. The van der Waals surface area contributed by atoms with Crippen LogP contribution in [0.5, 0.6) is 0 Å². The zero-order valence-corrected chi connectivity index (χ0v) is 16.4. The standard InChI is InChI=1S/C21H41O2/c1-6-17(2)10-7-11-18(3)12-8-13-19(4)14-9-15-20(5)16-21(22)23/h17-20H,6-16H2,1-5H3. The van der Waals surface area contributed by atoms with Crippen LogP contribution in [0.4, 0.5) is 0 Å². The van der Waals surface area contributed by atoms with Crippen LogP contribution in [0.15, 0.2) is 0 Å². The van der Waals surface area contributed by atoms with Crippen molar-refractivity contribution in [1.82, 2.24) is 0 Å². The zero-order chi connectivity index (χ0) is 17.7. The highest BCUT2D eigenvalue weighted by Gasteiger charge is 2.10. The molecule has 0 saturated carbocycles. The molecule has 2 nitrogen and oxygen atoms in total. The molecule has 0 fully saturated rings. The van der Waals surface area contributed by atoms with Gasteiger partial charge in [-0.15, -0.1) is 0 Å². The van der Waals surface area contributed by atoms with Crippen LogP contribution >= 0.6 is 0 Å². The van der Waals surface area contributed by atoms with Crippen molar-refractivity contribution in [2.45, 2.75) is 105 Å². The van der Waals surface area contributed by atoms with E-state index in [1.54, 1.807) is 0 Å². The van der Waals surface area contributed by atoms with Gasteiger partial charge in [-0.1, -0.05) is 98.8 Å². The van der Waals surface area contributed by atoms with Crippen molar-refractivity contribution in [2.24, 2.45) is 23.7 Å². The molecule has 0 aromatic heterocycles. The van der Waals surface area contributed by atoms with E-state index >= 15 is 0 Å². The predicted molar refractivity (Wildman–Crippen MR) is 98.8 cm³/mol. The minimum atomic E-state index is -0.909. The highest BCUT2D eigenvalue weighted by molar-refractivity contribution is 5.66. The summed E-state index contributed by atoms with van der Waals surface area (Å²) in [5.74, 6) is 1.89. The van der Waals surface area contributed by atoms with Gasteiger partial charge < -0.3 is 0 Å². The van der Waals surface area contributed by atoms with Crippen LogP contribution < -0.4 is 0 Å². The van der Waals surface area contributed by atoms with E-state index in [1.807, 2.05) is 6.92 Å². The molecule has 0 saturated heterocycles. The van der Waals surface area contributed by atoms with Crippen LogP contribution in [-0.4, -0.2) is 5.97 Å². The molecular weight excluding hydrogens is 284 g/mol. The van der Waals surface area contributed by atoms with Gasteiger partial charge in [0.2, 0.25) is 0 Å². The minimum Gasteiger partial charge on any atom is -0.247 e. The summed E-state index contributed by atoms with van der Waals surface area (Å²) in [5, 5.41) is 10.5. The maximum atomic E-state index is 10.5. The summed E-state index contributed by atoms with van der Waals surface area (Å²) < 4.78 is 0. The molecule has 137 valence electrons. The highest BCUT2D eigenvalue weighted by Crippen LogP contribution is 2.23. The van der Waals surface area contributed by atoms with Gasteiger partial charge in [-0.25, -0.2) is 9.90 Å². The van der Waals surface area contributed by atoms with Crippen molar-refractivity contribution in [1.29, 1.82) is 0 Å². The fourth-order valence-electron chi connectivity index (χ4n) is 3.32. The van der Waals surface area contributed by atoms with Gasteiger partial charge in [-0.2, -0.15) is 0 Å². The summed E-state index contributed by atoms with van der Waals surface area (Å²) in [6.45, 7) is 11.4. The van der Waals surface area contributed by atoms with Crippen LogP contribution in [0, 0.1) is 23.7 Å². The summed E-state index contributed by atoms with van der Waals surface area (Å²) in [6.07, 6.45) is 13.1. The van der Waals surface area contributed by atoms with Crippen molar-refractivity contribution < 1.29 is 9.90 Å². The highest BCUT2D eigenvalue weighted by atomic mass is 16.4. The van der Waals surface area contributed by atoms with Gasteiger partial charge in [0.05, 0.1) is 6.42 Å². The average Bonchev–Trinajstić information content (AvgIpc) is 2.46. The first kappa shape index (κ1) is 22.5. The molecule has 0 aliphatic heterocycles. The largest absolute Gasteiger partial charge is 0.355 e. The molecule has 0 aromatic rings. The van der Waals surface area contributed by atoms with Gasteiger partial charge >= 0.3 is 5.97 Å². The summed E-state index contributed by atoms with van der Waals surface area (Å²) >= 11 is 0. The molecule has 4 atom stereocenters. The van der Waals surface area contributed by atoms with Gasteiger partial charge in [0.1, 0.15) is 0 Å². The Morgan fingerprint density at radius 2 is 1.00 bits per heavy atom. The topological polar surface area (TPSA) is 37.0 Å².